The van der Waals surface area contributed by atoms with E-state index in [0.29, 0.717) is 18.1 Å². The second kappa shape index (κ2) is 4.96. The number of ether oxygens (including phenoxy) is 1. The van der Waals surface area contributed by atoms with Gasteiger partial charge in [-0.05, 0) is 30.9 Å². The van der Waals surface area contributed by atoms with Gasteiger partial charge in [0.15, 0.2) is 0 Å². The van der Waals surface area contributed by atoms with E-state index in [4.69, 9.17) is 4.74 Å². The third-order valence-corrected chi connectivity index (χ3v) is 2.90. The number of carbonyl (C=O) groups is 1. The molecule has 2 heteroatoms. The summed E-state index contributed by atoms with van der Waals surface area (Å²) in [4.78, 5) is 11.5. The van der Waals surface area contributed by atoms with E-state index in [1.54, 1.807) is 0 Å². The van der Waals surface area contributed by atoms with Crippen LogP contribution in [0.3, 0.4) is 0 Å². The molecule has 1 saturated carbocycles. The van der Waals surface area contributed by atoms with Gasteiger partial charge in [-0.25, -0.2) is 0 Å². The quantitative estimate of drug-likeness (QED) is 0.558. The fourth-order valence-corrected chi connectivity index (χ4v) is 2.11. The van der Waals surface area contributed by atoms with Crippen LogP contribution in [0.2, 0.25) is 0 Å². The molecule has 2 rings (SSSR count). The maximum absolute atomic E-state index is 11.5. The highest BCUT2D eigenvalue weighted by atomic mass is 16.5. The summed E-state index contributed by atoms with van der Waals surface area (Å²) < 4.78 is 5.24. The largest absolute Gasteiger partial charge is 0.427 e. The van der Waals surface area contributed by atoms with Crippen LogP contribution in [-0.4, -0.2) is 5.97 Å². The summed E-state index contributed by atoms with van der Waals surface area (Å²) in [6.45, 7) is 0. The van der Waals surface area contributed by atoms with Crippen molar-refractivity contribution in [2.45, 2.75) is 32.1 Å². The van der Waals surface area contributed by atoms with E-state index in [1.807, 2.05) is 30.3 Å². The lowest BCUT2D eigenvalue weighted by Crippen LogP contribution is -2.12. The van der Waals surface area contributed by atoms with E-state index in [9.17, 15) is 4.79 Å². The molecule has 2 nitrogen and oxygen atoms in total. The van der Waals surface area contributed by atoms with E-state index >= 15 is 0 Å². The summed E-state index contributed by atoms with van der Waals surface area (Å²) in [6, 6.07) is 9.28. The van der Waals surface area contributed by atoms with Crippen molar-refractivity contribution in [2.24, 2.45) is 5.92 Å². The van der Waals surface area contributed by atoms with Crippen LogP contribution in [0.1, 0.15) is 32.1 Å². The fraction of sp³-hybridized carbons (Fsp3) is 0.462. The average molecular weight is 204 g/mol. The molecule has 0 atom stereocenters. The Hall–Kier alpha value is -1.31. The van der Waals surface area contributed by atoms with Gasteiger partial charge in [0.1, 0.15) is 5.75 Å². The van der Waals surface area contributed by atoms with Crippen molar-refractivity contribution in [1.29, 1.82) is 0 Å². The van der Waals surface area contributed by atoms with Crippen LogP contribution >= 0.6 is 0 Å². The van der Waals surface area contributed by atoms with Gasteiger partial charge in [0.05, 0.1) is 0 Å². The molecule has 0 amide bonds. The standard InChI is InChI=1S/C13H16O2/c14-13(10-11-6-4-5-7-11)15-12-8-2-1-3-9-12/h1-3,8-9,11H,4-7,10H2. The Morgan fingerprint density at radius 1 is 1.20 bits per heavy atom. The maximum Gasteiger partial charge on any atom is 0.311 e. The average Bonchev–Trinajstić information content (AvgIpc) is 2.71. The van der Waals surface area contributed by atoms with E-state index in [2.05, 4.69) is 0 Å². The van der Waals surface area contributed by atoms with Gasteiger partial charge in [0.2, 0.25) is 0 Å². The predicted molar refractivity (Wildman–Crippen MR) is 58.7 cm³/mol. The van der Waals surface area contributed by atoms with Gasteiger partial charge in [-0.1, -0.05) is 31.0 Å². The number of rotatable bonds is 3. The van der Waals surface area contributed by atoms with Crippen molar-refractivity contribution >= 4 is 5.97 Å². The molecule has 0 radical (unpaired) electrons. The van der Waals surface area contributed by atoms with E-state index in [1.165, 1.54) is 25.7 Å². The zero-order chi connectivity index (χ0) is 10.5. The van der Waals surface area contributed by atoms with Gasteiger partial charge in [0, 0.05) is 6.42 Å². The molecule has 15 heavy (non-hydrogen) atoms. The van der Waals surface area contributed by atoms with Crippen LogP contribution in [0.25, 0.3) is 0 Å². The highest BCUT2D eigenvalue weighted by Gasteiger charge is 2.19. The molecular weight excluding hydrogens is 188 g/mol. The predicted octanol–water partition coefficient (Wildman–Crippen LogP) is 3.17. The number of carbonyl (C=O) groups excluding carboxylic acids is 1. The Balaban J connectivity index is 1.82. The Labute approximate surface area is 90.3 Å². The smallest absolute Gasteiger partial charge is 0.311 e. The van der Waals surface area contributed by atoms with Crippen molar-refractivity contribution in [3.05, 3.63) is 30.3 Å². The third-order valence-electron chi connectivity index (χ3n) is 2.90. The lowest BCUT2D eigenvalue weighted by molar-refractivity contribution is -0.135. The lowest BCUT2D eigenvalue weighted by atomic mass is 10.0. The molecule has 0 aromatic heterocycles. The summed E-state index contributed by atoms with van der Waals surface area (Å²) in [6.07, 6.45) is 5.48. The van der Waals surface area contributed by atoms with Crippen molar-refractivity contribution in [1.82, 2.24) is 0 Å². The van der Waals surface area contributed by atoms with E-state index < -0.39 is 0 Å². The number of hydrogen-bond acceptors (Lipinski definition) is 2. The summed E-state index contributed by atoms with van der Waals surface area (Å²) in [7, 11) is 0. The minimum Gasteiger partial charge on any atom is -0.427 e. The second-order valence-corrected chi connectivity index (χ2v) is 4.14. The van der Waals surface area contributed by atoms with Crippen molar-refractivity contribution in [3.63, 3.8) is 0 Å². The fourth-order valence-electron chi connectivity index (χ4n) is 2.11. The van der Waals surface area contributed by atoms with Gasteiger partial charge in [-0.3, -0.25) is 4.79 Å². The summed E-state index contributed by atoms with van der Waals surface area (Å²) in [5.74, 6) is 1.12. The molecule has 0 bridgehead atoms. The number of benzene rings is 1. The van der Waals surface area contributed by atoms with E-state index in [-0.39, 0.29) is 5.97 Å². The highest BCUT2D eigenvalue weighted by Crippen LogP contribution is 2.27. The van der Waals surface area contributed by atoms with Crippen LogP contribution in [0, 0.1) is 5.92 Å². The van der Waals surface area contributed by atoms with Gasteiger partial charge < -0.3 is 4.74 Å². The SMILES string of the molecule is O=C(CC1CCCC1)Oc1ccccc1. The van der Waals surface area contributed by atoms with Crippen LogP contribution in [0.5, 0.6) is 5.75 Å². The molecule has 1 aromatic carbocycles. The van der Waals surface area contributed by atoms with Crippen LogP contribution in [0.4, 0.5) is 0 Å². The van der Waals surface area contributed by atoms with Crippen LogP contribution in [0.15, 0.2) is 30.3 Å². The first-order valence-electron chi connectivity index (χ1n) is 5.60. The first-order chi connectivity index (χ1) is 7.34. The summed E-state index contributed by atoms with van der Waals surface area (Å²) in [5.41, 5.74) is 0. The van der Waals surface area contributed by atoms with Crippen LogP contribution < -0.4 is 4.74 Å². The first kappa shape index (κ1) is 10.2. The van der Waals surface area contributed by atoms with E-state index in [0.717, 1.165) is 0 Å². The number of hydrogen-bond donors (Lipinski definition) is 0. The zero-order valence-electron chi connectivity index (χ0n) is 8.82. The molecule has 0 aliphatic heterocycles. The molecule has 1 aromatic rings. The Morgan fingerprint density at radius 3 is 2.53 bits per heavy atom. The molecule has 0 spiro atoms. The Bertz CT molecular complexity index is 313. The monoisotopic (exact) mass is 204 g/mol. The van der Waals surface area contributed by atoms with Crippen molar-refractivity contribution < 1.29 is 9.53 Å². The minimum atomic E-state index is -0.0897. The molecule has 0 saturated heterocycles. The molecule has 0 unspecified atom stereocenters. The topological polar surface area (TPSA) is 26.3 Å². The Morgan fingerprint density at radius 2 is 1.87 bits per heavy atom. The molecule has 1 aliphatic rings. The normalized spacial score (nSPS) is 16.5. The first-order valence-corrected chi connectivity index (χ1v) is 5.60. The molecule has 1 aliphatic carbocycles. The molecular formula is C13H16O2. The number of esters is 1. The molecule has 0 N–H and O–H groups in total. The zero-order valence-corrected chi connectivity index (χ0v) is 8.82. The van der Waals surface area contributed by atoms with Crippen molar-refractivity contribution in [3.8, 4) is 5.75 Å². The second-order valence-electron chi connectivity index (χ2n) is 4.14. The highest BCUT2D eigenvalue weighted by molar-refractivity contribution is 5.72. The van der Waals surface area contributed by atoms with Gasteiger partial charge in [-0.2, -0.15) is 0 Å². The lowest BCUT2D eigenvalue weighted by Gasteiger charge is -2.08. The Kier molecular flexibility index (Phi) is 3.38. The number of para-hydroxylation sites is 1. The van der Waals surface area contributed by atoms with Gasteiger partial charge in [-0.15, -0.1) is 0 Å². The molecule has 80 valence electrons. The maximum atomic E-state index is 11.5. The minimum absolute atomic E-state index is 0.0897. The molecule has 1 fully saturated rings. The third kappa shape index (κ3) is 3.08. The van der Waals surface area contributed by atoms with Crippen molar-refractivity contribution in [2.75, 3.05) is 0 Å². The summed E-state index contributed by atoms with van der Waals surface area (Å²) in [5, 5.41) is 0. The summed E-state index contributed by atoms with van der Waals surface area (Å²) >= 11 is 0. The van der Waals surface area contributed by atoms with Crippen LogP contribution in [-0.2, 0) is 4.79 Å². The molecule has 0 heterocycles. The van der Waals surface area contributed by atoms with Gasteiger partial charge in [0.25, 0.3) is 0 Å². The van der Waals surface area contributed by atoms with Gasteiger partial charge >= 0.3 is 5.97 Å².